The molecular weight excluding hydrogens is 188 g/mol. The molecule has 15 heavy (non-hydrogen) atoms. The molecular formula is C12H26N2O. The number of aliphatic hydroxyl groups excluding tert-OH is 1. The maximum Gasteiger partial charge on any atom is 0.0791 e. The van der Waals surface area contributed by atoms with Crippen molar-refractivity contribution in [2.45, 2.75) is 33.8 Å². The fraction of sp³-hybridized carbons (Fsp3) is 0.833. The van der Waals surface area contributed by atoms with Crippen molar-refractivity contribution >= 4 is 0 Å². The Morgan fingerprint density at radius 3 is 2.40 bits per heavy atom. The summed E-state index contributed by atoms with van der Waals surface area (Å²) in [7, 11) is 0. The lowest BCUT2D eigenvalue weighted by Gasteiger charge is -2.21. The first kappa shape index (κ1) is 14.6. The van der Waals surface area contributed by atoms with Crippen molar-refractivity contribution in [2.75, 3.05) is 32.7 Å². The molecule has 0 fully saturated rings. The maximum atomic E-state index is 9.72. The first-order chi connectivity index (χ1) is 7.10. The number of likely N-dealkylation sites (N-methyl/N-ethyl adjacent to an activating group) is 1. The first-order valence-corrected chi connectivity index (χ1v) is 5.84. The predicted octanol–water partition coefficient (Wildman–Crippen LogP) is 1.24. The van der Waals surface area contributed by atoms with Crippen LogP contribution >= 0.6 is 0 Å². The highest BCUT2D eigenvalue weighted by molar-refractivity contribution is 4.94. The minimum Gasteiger partial charge on any atom is -0.390 e. The topological polar surface area (TPSA) is 35.5 Å². The molecule has 0 spiro atoms. The van der Waals surface area contributed by atoms with Gasteiger partial charge in [-0.15, -0.1) is 0 Å². The van der Waals surface area contributed by atoms with Crippen LogP contribution in [0.1, 0.15) is 27.7 Å². The van der Waals surface area contributed by atoms with E-state index in [0.717, 1.165) is 26.2 Å². The van der Waals surface area contributed by atoms with E-state index in [0.29, 0.717) is 6.54 Å². The maximum absolute atomic E-state index is 9.72. The van der Waals surface area contributed by atoms with Crippen LogP contribution in [-0.4, -0.2) is 48.8 Å². The highest BCUT2D eigenvalue weighted by Gasteiger charge is 2.07. The third-order valence-corrected chi connectivity index (χ3v) is 2.40. The van der Waals surface area contributed by atoms with E-state index in [1.165, 1.54) is 5.57 Å². The van der Waals surface area contributed by atoms with Crippen molar-refractivity contribution < 1.29 is 5.11 Å². The third-order valence-electron chi connectivity index (χ3n) is 2.40. The molecule has 0 heterocycles. The van der Waals surface area contributed by atoms with Gasteiger partial charge in [-0.05, 0) is 26.9 Å². The van der Waals surface area contributed by atoms with E-state index in [-0.39, 0.29) is 6.10 Å². The van der Waals surface area contributed by atoms with Crippen LogP contribution in [-0.2, 0) is 0 Å². The lowest BCUT2D eigenvalue weighted by atomic mass is 10.3. The second kappa shape index (κ2) is 8.89. The highest BCUT2D eigenvalue weighted by atomic mass is 16.3. The van der Waals surface area contributed by atoms with Crippen molar-refractivity contribution in [3.05, 3.63) is 11.6 Å². The molecule has 1 atom stereocenters. The number of hydrogen-bond acceptors (Lipinski definition) is 3. The van der Waals surface area contributed by atoms with Gasteiger partial charge in [0.1, 0.15) is 0 Å². The molecule has 0 bridgehead atoms. The number of nitrogens with zero attached hydrogens (tertiary/aromatic N) is 1. The molecule has 0 saturated carbocycles. The van der Waals surface area contributed by atoms with Crippen LogP contribution in [0, 0.1) is 0 Å². The lowest BCUT2D eigenvalue weighted by Crippen LogP contribution is -2.38. The van der Waals surface area contributed by atoms with Gasteiger partial charge in [0, 0.05) is 19.6 Å². The summed E-state index contributed by atoms with van der Waals surface area (Å²) in [6.45, 7) is 12.7. The predicted molar refractivity (Wildman–Crippen MR) is 66.1 cm³/mol. The van der Waals surface area contributed by atoms with Gasteiger partial charge >= 0.3 is 0 Å². The van der Waals surface area contributed by atoms with Crippen LogP contribution in [0.3, 0.4) is 0 Å². The van der Waals surface area contributed by atoms with Crippen LogP contribution in [0.15, 0.2) is 11.6 Å². The molecule has 0 aliphatic heterocycles. The molecule has 0 aliphatic carbocycles. The molecule has 0 amide bonds. The average Bonchev–Trinajstić information content (AvgIpc) is 2.20. The van der Waals surface area contributed by atoms with Crippen LogP contribution in [0.25, 0.3) is 0 Å². The Morgan fingerprint density at radius 1 is 1.33 bits per heavy atom. The minimum atomic E-state index is -0.268. The van der Waals surface area contributed by atoms with E-state index < -0.39 is 0 Å². The number of hydrogen-bond donors (Lipinski definition) is 2. The second-order valence-electron chi connectivity index (χ2n) is 4.08. The molecule has 0 saturated heterocycles. The van der Waals surface area contributed by atoms with Gasteiger partial charge < -0.3 is 15.3 Å². The summed E-state index contributed by atoms with van der Waals surface area (Å²) in [4.78, 5) is 2.23. The molecule has 1 unspecified atom stereocenters. The Bertz CT molecular complexity index is 172. The molecule has 0 aromatic rings. The van der Waals surface area contributed by atoms with Gasteiger partial charge in [-0.1, -0.05) is 25.5 Å². The molecule has 0 aromatic carbocycles. The smallest absolute Gasteiger partial charge is 0.0791 e. The van der Waals surface area contributed by atoms with Gasteiger partial charge in [-0.3, -0.25) is 0 Å². The van der Waals surface area contributed by atoms with E-state index in [9.17, 15) is 5.11 Å². The Morgan fingerprint density at radius 2 is 1.93 bits per heavy atom. The fourth-order valence-corrected chi connectivity index (χ4v) is 1.37. The number of allylic oxidation sites excluding steroid dienone is 1. The van der Waals surface area contributed by atoms with Crippen LogP contribution in [0.5, 0.6) is 0 Å². The molecule has 3 nitrogen and oxygen atoms in total. The summed E-state index contributed by atoms with van der Waals surface area (Å²) >= 11 is 0. The van der Waals surface area contributed by atoms with Gasteiger partial charge in [0.05, 0.1) is 6.10 Å². The fourth-order valence-electron chi connectivity index (χ4n) is 1.37. The Hall–Kier alpha value is -0.380. The van der Waals surface area contributed by atoms with E-state index >= 15 is 0 Å². The Balaban J connectivity index is 3.56. The molecule has 90 valence electrons. The number of rotatable bonds is 8. The van der Waals surface area contributed by atoms with Crippen molar-refractivity contribution in [1.29, 1.82) is 0 Å². The summed E-state index contributed by atoms with van der Waals surface area (Å²) in [5, 5.41) is 12.9. The molecule has 0 rings (SSSR count). The number of nitrogens with one attached hydrogen (secondary N) is 1. The van der Waals surface area contributed by atoms with E-state index in [1.54, 1.807) is 0 Å². The third kappa shape index (κ3) is 8.60. The van der Waals surface area contributed by atoms with E-state index in [4.69, 9.17) is 0 Å². The zero-order chi connectivity index (χ0) is 11.7. The summed E-state index contributed by atoms with van der Waals surface area (Å²) in [5.74, 6) is 0. The SMILES string of the molecule is CCN(CC)CC(O)CNCC=C(C)C. The van der Waals surface area contributed by atoms with Gasteiger partial charge in [-0.25, -0.2) is 0 Å². The molecule has 0 aromatic heterocycles. The van der Waals surface area contributed by atoms with Gasteiger partial charge in [0.25, 0.3) is 0 Å². The summed E-state index contributed by atoms with van der Waals surface area (Å²) in [6, 6.07) is 0. The van der Waals surface area contributed by atoms with Crippen LogP contribution in [0.4, 0.5) is 0 Å². The lowest BCUT2D eigenvalue weighted by molar-refractivity contribution is 0.118. The van der Waals surface area contributed by atoms with E-state index in [2.05, 4.69) is 44.0 Å². The standard InChI is InChI=1S/C12H26N2O/c1-5-14(6-2)10-12(15)9-13-8-7-11(3)4/h7,12-13,15H,5-6,8-10H2,1-4H3. The van der Waals surface area contributed by atoms with Gasteiger partial charge in [0.2, 0.25) is 0 Å². The van der Waals surface area contributed by atoms with Crippen molar-refractivity contribution in [1.82, 2.24) is 10.2 Å². The normalized spacial score (nSPS) is 12.9. The highest BCUT2D eigenvalue weighted by Crippen LogP contribution is 1.91. The first-order valence-electron chi connectivity index (χ1n) is 5.84. The van der Waals surface area contributed by atoms with Gasteiger partial charge in [0.15, 0.2) is 0 Å². The molecule has 3 heteroatoms. The zero-order valence-corrected chi connectivity index (χ0v) is 10.6. The minimum absolute atomic E-state index is 0.268. The summed E-state index contributed by atoms with van der Waals surface area (Å²) in [5.41, 5.74) is 1.31. The zero-order valence-electron chi connectivity index (χ0n) is 10.6. The summed E-state index contributed by atoms with van der Waals surface area (Å²) < 4.78 is 0. The van der Waals surface area contributed by atoms with Crippen molar-refractivity contribution in [3.8, 4) is 0 Å². The monoisotopic (exact) mass is 214 g/mol. The number of aliphatic hydroxyl groups is 1. The van der Waals surface area contributed by atoms with Crippen LogP contribution < -0.4 is 5.32 Å². The molecule has 0 radical (unpaired) electrons. The van der Waals surface area contributed by atoms with Crippen molar-refractivity contribution in [2.24, 2.45) is 0 Å². The van der Waals surface area contributed by atoms with Crippen LogP contribution in [0.2, 0.25) is 0 Å². The quantitative estimate of drug-likeness (QED) is 0.471. The Labute approximate surface area is 94.2 Å². The van der Waals surface area contributed by atoms with Crippen molar-refractivity contribution in [3.63, 3.8) is 0 Å². The second-order valence-corrected chi connectivity index (χ2v) is 4.08. The largest absolute Gasteiger partial charge is 0.390 e. The molecule has 0 aliphatic rings. The van der Waals surface area contributed by atoms with E-state index in [1.807, 2.05) is 0 Å². The molecule has 2 N–H and O–H groups in total. The Kier molecular flexibility index (Phi) is 8.67. The average molecular weight is 214 g/mol. The van der Waals surface area contributed by atoms with Gasteiger partial charge in [-0.2, -0.15) is 0 Å². The summed E-state index contributed by atoms with van der Waals surface area (Å²) in [6.07, 6.45) is 1.86.